The smallest absolute Gasteiger partial charge is 0.411 e. The molecule has 0 aliphatic carbocycles. The molecule has 0 heterocycles. The maximum Gasteiger partial charge on any atom is 0.411 e. The summed E-state index contributed by atoms with van der Waals surface area (Å²) in [6.07, 6.45) is -0.464. The summed E-state index contributed by atoms with van der Waals surface area (Å²) in [6, 6.07) is 5.50. The Morgan fingerprint density at radius 2 is 2.29 bits per heavy atom. The van der Waals surface area contributed by atoms with Gasteiger partial charge in [-0.3, -0.25) is 5.32 Å². The molecule has 1 amide bonds. The van der Waals surface area contributed by atoms with E-state index in [1.165, 1.54) is 0 Å². The zero-order chi connectivity index (χ0) is 12.7. The molecule has 17 heavy (non-hydrogen) atoms. The molecule has 0 unspecified atom stereocenters. The second-order valence-electron chi connectivity index (χ2n) is 3.38. The lowest BCUT2D eigenvalue weighted by atomic mass is 10.1. The van der Waals surface area contributed by atoms with Crippen LogP contribution in [-0.4, -0.2) is 19.2 Å². The van der Waals surface area contributed by atoms with Gasteiger partial charge in [-0.2, -0.15) is 0 Å². The van der Waals surface area contributed by atoms with E-state index in [1.54, 1.807) is 19.1 Å². The van der Waals surface area contributed by atoms with E-state index in [1.807, 2.05) is 13.0 Å². The Kier molecular flexibility index (Phi) is 5.05. The van der Waals surface area contributed by atoms with Crippen molar-refractivity contribution in [2.24, 2.45) is 5.73 Å². The van der Waals surface area contributed by atoms with Gasteiger partial charge < -0.3 is 10.5 Å². The van der Waals surface area contributed by atoms with Gasteiger partial charge in [0.25, 0.3) is 0 Å². The molecule has 1 aromatic carbocycles. The fourth-order valence-electron chi connectivity index (χ4n) is 1.27. The average molecular weight is 232 g/mol. The molecule has 90 valence electrons. The van der Waals surface area contributed by atoms with Crippen molar-refractivity contribution in [3.05, 3.63) is 29.3 Å². The lowest BCUT2D eigenvalue weighted by molar-refractivity contribution is 0.168. The second-order valence-corrected chi connectivity index (χ2v) is 3.38. The van der Waals surface area contributed by atoms with Crippen molar-refractivity contribution in [2.45, 2.75) is 13.8 Å². The van der Waals surface area contributed by atoms with Crippen LogP contribution >= 0.6 is 0 Å². The van der Waals surface area contributed by atoms with Crippen molar-refractivity contribution in [3.63, 3.8) is 0 Å². The van der Waals surface area contributed by atoms with Crippen LogP contribution in [0.3, 0.4) is 0 Å². The predicted molar refractivity (Wildman–Crippen MR) is 67.8 cm³/mol. The highest BCUT2D eigenvalue weighted by atomic mass is 16.5. The number of aryl methyl sites for hydroxylation is 1. The maximum absolute atomic E-state index is 11.2. The third-order valence-corrected chi connectivity index (χ3v) is 2.08. The van der Waals surface area contributed by atoms with Crippen molar-refractivity contribution in [2.75, 3.05) is 18.5 Å². The first-order valence-corrected chi connectivity index (χ1v) is 5.40. The first-order chi connectivity index (χ1) is 8.17. The van der Waals surface area contributed by atoms with Gasteiger partial charge in [0.2, 0.25) is 0 Å². The number of benzene rings is 1. The fraction of sp³-hybridized carbons (Fsp3) is 0.308. The first-order valence-electron chi connectivity index (χ1n) is 5.40. The molecule has 1 aromatic rings. The largest absolute Gasteiger partial charge is 0.450 e. The predicted octanol–water partition coefficient (Wildman–Crippen LogP) is 1.87. The lowest BCUT2D eigenvalue weighted by Crippen LogP contribution is -2.13. The Balaban J connectivity index is 2.85. The Bertz CT molecular complexity index is 458. The number of anilines is 1. The zero-order valence-electron chi connectivity index (χ0n) is 10.0. The number of nitrogens with one attached hydrogen (secondary N) is 1. The Morgan fingerprint density at radius 1 is 1.53 bits per heavy atom. The summed E-state index contributed by atoms with van der Waals surface area (Å²) in [5.74, 6) is 5.74. The van der Waals surface area contributed by atoms with Crippen LogP contribution in [0.5, 0.6) is 0 Å². The highest BCUT2D eigenvalue weighted by Crippen LogP contribution is 2.14. The Labute approximate surface area is 101 Å². The van der Waals surface area contributed by atoms with Crippen LogP contribution in [0.2, 0.25) is 0 Å². The van der Waals surface area contributed by atoms with Crippen molar-refractivity contribution in [1.82, 2.24) is 0 Å². The van der Waals surface area contributed by atoms with E-state index in [-0.39, 0.29) is 0 Å². The summed E-state index contributed by atoms with van der Waals surface area (Å²) >= 11 is 0. The highest BCUT2D eigenvalue weighted by Gasteiger charge is 2.03. The Morgan fingerprint density at radius 3 is 2.94 bits per heavy atom. The van der Waals surface area contributed by atoms with Gasteiger partial charge in [0.15, 0.2) is 0 Å². The summed E-state index contributed by atoms with van der Waals surface area (Å²) in [5, 5.41) is 2.63. The molecule has 0 bridgehead atoms. The number of ether oxygens (including phenoxy) is 1. The lowest BCUT2D eigenvalue weighted by Gasteiger charge is -2.06. The van der Waals surface area contributed by atoms with Crippen LogP contribution in [0, 0.1) is 18.8 Å². The van der Waals surface area contributed by atoms with E-state index in [9.17, 15) is 4.79 Å². The van der Waals surface area contributed by atoms with Gasteiger partial charge in [0.1, 0.15) is 0 Å². The van der Waals surface area contributed by atoms with Crippen LogP contribution < -0.4 is 11.1 Å². The number of rotatable bonds is 2. The molecule has 0 saturated heterocycles. The van der Waals surface area contributed by atoms with E-state index in [4.69, 9.17) is 10.5 Å². The van der Waals surface area contributed by atoms with Crippen molar-refractivity contribution in [1.29, 1.82) is 0 Å². The highest BCUT2D eigenvalue weighted by molar-refractivity contribution is 5.84. The van der Waals surface area contributed by atoms with Gasteiger partial charge in [-0.1, -0.05) is 17.9 Å². The summed E-state index contributed by atoms with van der Waals surface area (Å²) in [7, 11) is 0. The summed E-state index contributed by atoms with van der Waals surface area (Å²) < 4.78 is 4.79. The van der Waals surface area contributed by atoms with Crippen LogP contribution in [0.15, 0.2) is 18.2 Å². The third kappa shape index (κ3) is 4.17. The standard InChI is InChI=1S/C13H16N2O2/c1-3-17-13(16)15-12-7-6-10(2)11(9-12)5-4-8-14/h6-7,9H,3,8,14H2,1-2H3,(H,15,16). The number of amides is 1. The molecule has 0 radical (unpaired) electrons. The van der Waals surface area contributed by atoms with E-state index in [0.29, 0.717) is 18.8 Å². The minimum atomic E-state index is -0.464. The molecule has 0 saturated carbocycles. The SMILES string of the molecule is CCOC(=O)Nc1ccc(C)c(C#CCN)c1. The van der Waals surface area contributed by atoms with Crippen molar-refractivity contribution in [3.8, 4) is 11.8 Å². The number of carbonyl (C=O) groups is 1. The topological polar surface area (TPSA) is 64.3 Å². The molecule has 0 spiro atoms. The zero-order valence-corrected chi connectivity index (χ0v) is 10.0. The quantitative estimate of drug-likeness (QED) is 0.765. The van der Waals surface area contributed by atoms with Crippen molar-refractivity contribution < 1.29 is 9.53 Å². The molecule has 4 heteroatoms. The first kappa shape index (κ1) is 13.1. The van der Waals surface area contributed by atoms with Gasteiger partial charge in [0.05, 0.1) is 13.2 Å². The molecule has 0 aromatic heterocycles. The maximum atomic E-state index is 11.2. The van der Waals surface area contributed by atoms with Crippen LogP contribution in [0.25, 0.3) is 0 Å². The van der Waals surface area contributed by atoms with Crippen molar-refractivity contribution >= 4 is 11.8 Å². The minimum absolute atomic E-state index is 0.314. The number of hydrogen-bond acceptors (Lipinski definition) is 3. The molecule has 0 fully saturated rings. The molecule has 0 aliphatic rings. The molecule has 3 N–H and O–H groups in total. The van der Waals surface area contributed by atoms with Crippen LogP contribution in [-0.2, 0) is 4.74 Å². The summed E-state index contributed by atoms with van der Waals surface area (Å²) in [4.78, 5) is 11.2. The fourth-order valence-corrected chi connectivity index (χ4v) is 1.27. The Hall–Kier alpha value is -1.99. The molecule has 4 nitrogen and oxygen atoms in total. The van der Waals surface area contributed by atoms with Gasteiger partial charge >= 0.3 is 6.09 Å². The number of nitrogens with two attached hydrogens (primary N) is 1. The van der Waals surface area contributed by atoms with E-state index >= 15 is 0 Å². The minimum Gasteiger partial charge on any atom is -0.450 e. The van der Waals surface area contributed by atoms with E-state index in [2.05, 4.69) is 17.2 Å². The third-order valence-electron chi connectivity index (χ3n) is 2.08. The number of hydrogen-bond donors (Lipinski definition) is 2. The van der Waals surface area contributed by atoms with Gasteiger partial charge in [0, 0.05) is 11.3 Å². The van der Waals surface area contributed by atoms with Crippen LogP contribution in [0.4, 0.5) is 10.5 Å². The molecule has 0 atom stereocenters. The summed E-state index contributed by atoms with van der Waals surface area (Å²) in [5.41, 5.74) is 7.88. The van der Waals surface area contributed by atoms with Gasteiger partial charge in [-0.05, 0) is 31.5 Å². The van der Waals surface area contributed by atoms with Gasteiger partial charge in [-0.25, -0.2) is 4.79 Å². The van der Waals surface area contributed by atoms with Crippen LogP contribution in [0.1, 0.15) is 18.1 Å². The molecular weight excluding hydrogens is 216 g/mol. The van der Waals surface area contributed by atoms with Gasteiger partial charge in [-0.15, -0.1) is 0 Å². The number of carbonyl (C=O) groups excluding carboxylic acids is 1. The van der Waals surface area contributed by atoms with E-state index in [0.717, 1.165) is 11.1 Å². The second kappa shape index (κ2) is 6.56. The molecule has 0 aliphatic heterocycles. The summed E-state index contributed by atoms with van der Waals surface area (Å²) in [6.45, 7) is 4.37. The molecular formula is C13H16N2O2. The average Bonchev–Trinajstić information content (AvgIpc) is 2.30. The molecule has 1 rings (SSSR count). The normalized spacial score (nSPS) is 9.12. The van der Waals surface area contributed by atoms with E-state index < -0.39 is 6.09 Å². The monoisotopic (exact) mass is 232 g/mol.